The summed E-state index contributed by atoms with van der Waals surface area (Å²) in [6, 6.07) is 16.3. The van der Waals surface area contributed by atoms with Gasteiger partial charge in [-0.1, -0.05) is 37.3 Å². The van der Waals surface area contributed by atoms with Gasteiger partial charge in [-0.2, -0.15) is 0 Å². The van der Waals surface area contributed by atoms with Crippen LogP contribution in [0.25, 0.3) is 0 Å². The summed E-state index contributed by atoms with van der Waals surface area (Å²) in [7, 11) is 0. The minimum Gasteiger partial charge on any atom is -0.324 e. The molecular weight excluding hydrogens is 374 g/mol. The van der Waals surface area contributed by atoms with Gasteiger partial charge in [-0.25, -0.2) is 0 Å². The minimum atomic E-state index is -0.194. The van der Waals surface area contributed by atoms with E-state index >= 15 is 0 Å². The molecular formula is C22H28ClN3O2. The Kier molecular flexibility index (Phi) is 8.48. The highest BCUT2D eigenvalue weighted by atomic mass is 35.5. The topological polar surface area (TPSA) is 70.2 Å². The van der Waals surface area contributed by atoms with E-state index in [2.05, 4.69) is 22.9 Å². The summed E-state index contributed by atoms with van der Waals surface area (Å²) >= 11 is 0. The molecule has 0 aliphatic carbocycles. The van der Waals surface area contributed by atoms with Crippen molar-refractivity contribution in [2.75, 3.05) is 23.7 Å². The van der Waals surface area contributed by atoms with E-state index in [4.69, 9.17) is 0 Å². The number of carbonyl (C=O) groups is 2. The van der Waals surface area contributed by atoms with Crippen LogP contribution >= 0.6 is 12.4 Å². The molecule has 6 heteroatoms. The number of amides is 2. The van der Waals surface area contributed by atoms with Gasteiger partial charge in [-0.3, -0.25) is 9.59 Å². The normalized spacial score (nSPS) is 15.2. The third kappa shape index (κ3) is 6.08. The van der Waals surface area contributed by atoms with E-state index in [1.165, 1.54) is 0 Å². The van der Waals surface area contributed by atoms with Gasteiger partial charge in [0.25, 0.3) is 5.91 Å². The second kappa shape index (κ2) is 10.8. The van der Waals surface area contributed by atoms with Crippen molar-refractivity contribution in [2.24, 2.45) is 11.8 Å². The molecule has 1 saturated heterocycles. The minimum absolute atomic E-state index is 0. The van der Waals surface area contributed by atoms with Crippen LogP contribution in [0.2, 0.25) is 0 Å². The number of halogens is 1. The van der Waals surface area contributed by atoms with Crippen molar-refractivity contribution in [1.29, 1.82) is 0 Å². The molecule has 1 aliphatic rings. The molecule has 28 heavy (non-hydrogen) atoms. The molecule has 150 valence electrons. The number of para-hydroxylation sites is 2. The van der Waals surface area contributed by atoms with E-state index in [0.29, 0.717) is 35.2 Å². The number of rotatable bonds is 6. The molecule has 1 aliphatic heterocycles. The van der Waals surface area contributed by atoms with Crippen molar-refractivity contribution in [1.82, 2.24) is 5.32 Å². The summed E-state index contributed by atoms with van der Waals surface area (Å²) in [4.78, 5) is 24.9. The number of hydrogen-bond acceptors (Lipinski definition) is 3. The van der Waals surface area contributed by atoms with Crippen molar-refractivity contribution < 1.29 is 9.59 Å². The Labute approximate surface area is 172 Å². The molecule has 0 aromatic heterocycles. The Morgan fingerprint density at radius 2 is 1.54 bits per heavy atom. The van der Waals surface area contributed by atoms with Crippen LogP contribution < -0.4 is 16.0 Å². The van der Waals surface area contributed by atoms with Gasteiger partial charge >= 0.3 is 0 Å². The molecule has 0 radical (unpaired) electrons. The van der Waals surface area contributed by atoms with Gasteiger partial charge in [-0.05, 0) is 62.0 Å². The standard InChI is InChI=1S/C22H27N3O2.ClH/c1-16(17-11-13-23-14-12-17)15-21(26)24-19-9-5-6-10-20(19)25-22(27)18-7-3-2-4-8-18;/h2-10,16-17,23H,11-15H2,1H3,(H,24,26)(H,25,27);1H. The second-order valence-electron chi connectivity index (χ2n) is 7.18. The number of carbonyl (C=O) groups excluding carboxylic acids is 2. The van der Waals surface area contributed by atoms with Crippen LogP contribution in [0.15, 0.2) is 54.6 Å². The quantitative estimate of drug-likeness (QED) is 0.674. The number of hydrogen-bond donors (Lipinski definition) is 3. The Hall–Kier alpha value is -2.37. The average Bonchev–Trinajstić information content (AvgIpc) is 2.70. The first-order valence-corrected chi connectivity index (χ1v) is 9.59. The molecule has 1 unspecified atom stereocenters. The van der Waals surface area contributed by atoms with Gasteiger partial charge in [0.15, 0.2) is 0 Å². The third-order valence-corrected chi connectivity index (χ3v) is 5.18. The predicted octanol–water partition coefficient (Wildman–Crippen LogP) is 4.33. The highest BCUT2D eigenvalue weighted by Crippen LogP contribution is 2.26. The summed E-state index contributed by atoms with van der Waals surface area (Å²) in [5.41, 5.74) is 1.82. The van der Waals surface area contributed by atoms with E-state index < -0.39 is 0 Å². The molecule has 2 amide bonds. The summed E-state index contributed by atoms with van der Waals surface area (Å²) in [6.07, 6.45) is 2.74. The summed E-state index contributed by atoms with van der Waals surface area (Å²) < 4.78 is 0. The Morgan fingerprint density at radius 3 is 2.18 bits per heavy atom. The summed E-state index contributed by atoms with van der Waals surface area (Å²) in [6.45, 7) is 4.22. The SMILES string of the molecule is CC(CC(=O)Nc1ccccc1NC(=O)c1ccccc1)C1CCNCC1.Cl. The first kappa shape index (κ1) is 21.9. The average molecular weight is 402 g/mol. The lowest BCUT2D eigenvalue weighted by atomic mass is 9.84. The molecule has 1 atom stereocenters. The van der Waals surface area contributed by atoms with Gasteiger partial charge in [0, 0.05) is 12.0 Å². The van der Waals surface area contributed by atoms with Crippen LogP contribution in [0.3, 0.4) is 0 Å². The summed E-state index contributed by atoms with van der Waals surface area (Å²) in [5.74, 6) is 0.728. The zero-order chi connectivity index (χ0) is 19.1. The number of anilines is 2. The molecule has 5 nitrogen and oxygen atoms in total. The van der Waals surface area contributed by atoms with E-state index in [0.717, 1.165) is 25.9 Å². The molecule has 3 rings (SSSR count). The lowest BCUT2D eigenvalue weighted by Gasteiger charge is -2.28. The maximum absolute atomic E-state index is 12.5. The van der Waals surface area contributed by atoms with E-state index in [1.54, 1.807) is 18.2 Å². The van der Waals surface area contributed by atoms with Crippen LogP contribution in [-0.4, -0.2) is 24.9 Å². The van der Waals surface area contributed by atoms with Gasteiger partial charge in [-0.15, -0.1) is 12.4 Å². The predicted molar refractivity (Wildman–Crippen MR) is 116 cm³/mol. The van der Waals surface area contributed by atoms with Crippen LogP contribution in [0.4, 0.5) is 11.4 Å². The van der Waals surface area contributed by atoms with Crippen molar-refractivity contribution in [2.45, 2.75) is 26.2 Å². The van der Waals surface area contributed by atoms with Gasteiger partial charge < -0.3 is 16.0 Å². The molecule has 0 bridgehead atoms. The molecule has 0 spiro atoms. The van der Waals surface area contributed by atoms with E-state index in [1.807, 2.05) is 36.4 Å². The maximum Gasteiger partial charge on any atom is 0.255 e. The molecule has 3 N–H and O–H groups in total. The zero-order valence-electron chi connectivity index (χ0n) is 16.1. The Morgan fingerprint density at radius 1 is 0.964 bits per heavy atom. The fourth-order valence-corrected chi connectivity index (χ4v) is 3.56. The Balaban J connectivity index is 0.00000280. The fraction of sp³-hybridized carbons (Fsp3) is 0.364. The molecule has 0 saturated carbocycles. The lowest BCUT2D eigenvalue weighted by Crippen LogP contribution is -2.32. The fourth-order valence-electron chi connectivity index (χ4n) is 3.56. The summed E-state index contributed by atoms with van der Waals surface area (Å²) in [5, 5.41) is 9.22. The monoisotopic (exact) mass is 401 g/mol. The lowest BCUT2D eigenvalue weighted by molar-refractivity contribution is -0.117. The number of piperidine rings is 1. The smallest absolute Gasteiger partial charge is 0.255 e. The van der Waals surface area contributed by atoms with Crippen LogP contribution in [0, 0.1) is 11.8 Å². The zero-order valence-corrected chi connectivity index (χ0v) is 16.9. The first-order chi connectivity index (χ1) is 13.1. The van der Waals surface area contributed by atoms with E-state index in [9.17, 15) is 9.59 Å². The van der Waals surface area contributed by atoms with Crippen molar-refractivity contribution >= 4 is 35.6 Å². The second-order valence-corrected chi connectivity index (χ2v) is 7.18. The van der Waals surface area contributed by atoms with Crippen molar-refractivity contribution in [3.05, 3.63) is 60.2 Å². The molecule has 1 fully saturated rings. The van der Waals surface area contributed by atoms with Crippen molar-refractivity contribution in [3.63, 3.8) is 0 Å². The first-order valence-electron chi connectivity index (χ1n) is 9.59. The molecule has 2 aromatic rings. The molecule has 2 aromatic carbocycles. The highest BCUT2D eigenvalue weighted by Gasteiger charge is 2.22. The van der Waals surface area contributed by atoms with Gasteiger partial charge in [0.05, 0.1) is 11.4 Å². The molecule has 1 heterocycles. The largest absolute Gasteiger partial charge is 0.324 e. The maximum atomic E-state index is 12.5. The van der Waals surface area contributed by atoms with Crippen LogP contribution in [0.5, 0.6) is 0 Å². The van der Waals surface area contributed by atoms with Gasteiger partial charge in [0.1, 0.15) is 0 Å². The number of benzene rings is 2. The van der Waals surface area contributed by atoms with Crippen molar-refractivity contribution in [3.8, 4) is 0 Å². The third-order valence-electron chi connectivity index (χ3n) is 5.18. The highest BCUT2D eigenvalue weighted by molar-refractivity contribution is 6.07. The number of nitrogens with one attached hydrogen (secondary N) is 3. The van der Waals surface area contributed by atoms with Crippen LogP contribution in [-0.2, 0) is 4.79 Å². The Bertz CT molecular complexity index is 776. The van der Waals surface area contributed by atoms with E-state index in [-0.39, 0.29) is 24.2 Å². The van der Waals surface area contributed by atoms with Gasteiger partial charge in [0.2, 0.25) is 5.91 Å². The van der Waals surface area contributed by atoms with Crippen LogP contribution in [0.1, 0.15) is 36.5 Å².